The van der Waals surface area contributed by atoms with Gasteiger partial charge in [0.1, 0.15) is 0 Å². The first-order chi connectivity index (χ1) is 22.7. The van der Waals surface area contributed by atoms with Crippen molar-refractivity contribution in [2.75, 3.05) is 6.61 Å². The van der Waals surface area contributed by atoms with Crippen LogP contribution in [0.5, 0.6) is 0 Å². The first-order valence-electron chi connectivity index (χ1n) is 16.7. The summed E-state index contributed by atoms with van der Waals surface area (Å²) in [4.78, 5) is 6.67. The average molecular weight is 714 g/mol. The van der Waals surface area contributed by atoms with E-state index < -0.39 is 50.4 Å². The Bertz CT molecular complexity index is 1380. The maximum atomic E-state index is 14.6. The number of rotatable bonds is 17. The summed E-state index contributed by atoms with van der Waals surface area (Å²) in [5, 5.41) is 1.83. The van der Waals surface area contributed by atoms with Crippen LogP contribution < -0.4 is 0 Å². The third kappa shape index (κ3) is 9.54. The van der Waals surface area contributed by atoms with Crippen LogP contribution in [0.25, 0.3) is 0 Å². The Balaban J connectivity index is 2.03. The molecule has 0 aliphatic heterocycles. The Labute approximate surface area is 287 Å². The first kappa shape index (κ1) is 40.7. The van der Waals surface area contributed by atoms with Crippen LogP contribution in [0.4, 0.5) is 30.7 Å². The molecule has 3 aromatic carbocycles. The van der Waals surface area contributed by atoms with E-state index in [9.17, 15) is 30.7 Å². The van der Waals surface area contributed by atoms with Gasteiger partial charge in [0.2, 0.25) is 0 Å². The van der Waals surface area contributed by atoms with Crippen LogP contribution in [-0.4, -0.2) is 43.5 Å². The molecule has 3 nitrogen and oxygen atoms in total. The molecule has 49 heavy (non-hydrogen) atoms. The van der Waals surface area contributed by atoms with Crippen LogP contribution in [0.1, 0.15) is 96.0 Å². The molecule has 0 bridgehead atoms. The molecule has 11 heteroatoms. The zero-order valence-corrected chi connectivity index (χ0v) is 30.6. The minimum Gasteiger partial charge on any atom is -0.414 e. The van der Waals surface area contributed by atoms with Crippen molar-refractivity contribution in [3.05, 3.63) is 107 Å². The second kappa shape index (κ2) is 16.1. The Morgan fingerprint density at radius 3 is 1.53 bits per heavy atom. The summed E-state index contributed by atoms with van der Waals surface area (Å²) >= 11 is 0. The zero-order chi connectivity index (χ0) is 36.8. The minimum atomic E-state index is -6.38. The lowest BCUT2D eigenvalue weighted by Gasteiger charge is -2.46. The molecule has 272 valence electrons. The number of nitrogens with zero attached hydrogens (tertiary/aromatic N) is 1. The molecule has 0 radical (unpaired) electrons. The van der Waals surface area contributed by atoms with Crippen molar-refractivity contribution in [3.8, 4) is 0 Å². The molecule has 0 aromatic heterocycles. The fourth-order valence-electron chi connectivity index (χ4n) is 6.22. The number of halogens is 7. The molecule has 0 saturated heterocycles. The number of alkyl halides is 7. The second-order valence-electron chi connectivity index (χ2n) is 14.4. The monoisotopic (exact) mass is 713 g/mol. The summed E-state index contributed by atoms with van der Waals surface area (Å²) in [5.74, 6) is -11.1. The molecule has 0 unspecified atom stereocenters. The van der Waals surface area contributed by atoms with Crippen LogP contribution in [0.15, 0.2) is 84.9 Å². The van der Waals surface area contributed by atoms with E-state index >= 15 is 0 Å². The average Bonchev–Trinajstić information content (AvgIpc) is 3.03. The molecule has 0 saturated carbocycles. The van der Waals surface area contributed by atoms with Crippen molar-refractivity contribution >= 4 is 8.32 Å². The lowest BCUT2D eigenvalue weighted by Crippen LogP contribution is -2.56. The van der Waals surface area contributed by atoms with Crippen molar-refractivity contribution in [2.45, 2.75) is 121 Å². The van der Waals surface area contributed by atoms with Crippen LogP contribution >= 0.6 is 0 Å². The highest BCUT2D eigenvalue weighted by Crippen LogP contribution is 2.51. The first-order valence-corrected chi connectivity index (χ1v) is 19.0. The van der Waals surface area contributed by atoms with Gasteiger partial charge in [0.25, 0.3) is 0 Å². The van der Waals surface area contributed by atoms with Gasteiger partial charge < -0.3 is 4.43 Å². The molecule has 0 aliphatic carbocycles. The molecule has 0 heterocycles. The van der Waals surface area contributed by atoms with E-state index in [1.807, 2.05) is 91.7 Å². The standard InChI is InChI=1S/C38H50F7NO2Si/c1-27(2)31-21-19-30(20-22-31)25-47-46(34(32-15-11-9-12-16-32)33-17-13-10-14-18-33)35(7,8)26-48-49(28(3)4,29(5)6)24-23-36(39,40)37(41,42)38(43,44)45/h9-22,27-29,34H,23-26H2,1-8H3. The van der Waals surface area contributed by atoms with Gasteiger partial charge in [-0.15, -0.1) is 0 Å². The highest BCUT2D eigenvalue weighted by Gasteiger charge is 2.72. The van der Waals surface area contributed by atoms with Gasteiger partial charge in [-0.1, -0.05) is 126 Å². The Kier molecular flexibility index (Phi) is 13.4. The zero-order valence-electron chi connectivity index (χ0n) is 29.6. The number of hydrogen-bond acceptors (Lipinski definition) is 3. The molecule has 0 spiro atoms. The summed E-state index contributed by atoms with van der Waals surface area (Å²) in [6.07, 6.45) is -8.03. The third-order valence-electron chi connectivity index (χ3n) is 9.37. The number of benzene rings is 3. The maximum absolute atomic E-state index is 14.6. The summed E-state index contributed by atoms with van der Waals surface area (Å²) < 4.78 is 103. The SMILES string of the molecule is CC(C)c1ccc(CON(C(c2ccccc2)c2ccccc2)C(C)(C)CO[Si](CCC(F)(F)C(F)(F)C(F)(F)F)(C(C)C)C(C)C)cc1. The van der Waals surface area contributed by atoms with Gasteiger partial charge in [0.15, 0.2) is 8.32 Å². The summed E-state index contributed by atoms with van der Waals surface area (Å²) in [5.41, 5.74) is 2.26. The number of hydrogen-bond donors (Lipinski definition) is 0. The van der Waals surface area contributed by atoms with Crippen LogP contribution in [0, 0.1) is 0 Å². The third-order valence-corrected chi connectivity index (χ3v) is 15.0. The topological polar surface area (TPSA) is 21.7 Å². The van der Waals surface area contributed by atoms with E-state index in [-0.39, 0.29) is 24.3 Å². The predicted octanol–water partition coefficient (Wildman–Crippen LogP) is 12.1. The van der Waals surface area contributed by atoms with Crippen molar-refractivity contribution in [1.82, 2.24) is 5.06 Å². The van der Waals surface area contributed by atoms with Crippen molar-refractivity contribution in [3.63, 3.8) is 0 Å². The highest BCUT2D eigenvalue weighted by molar-refractivity contribution is 6.76. The maximum Gasteiger partial charge on any atom is 0.459 e. The molecular weight excluding hydrogens is 663 g/mol. The van der Waals surface area contributed by atoms with E-state index in [0.29, 0.717) is 5.92 Å². The largest absolute Gasteiger partial charge is 0.459 e. The van der Waals surface area contributed by atoms with E-state index in [1.54, 1.807) is 27.7 Å². The Hall–Kier alpha value is -2.73. The van der Waals surface area contributed by atoms with Crippen LogP contribution in [0.3, 0.4) is 0 Å². The van der Waals surface area contributed by atoms with E-state index in [2.05, 4.69) is 26.0 Å². The van der Waals surface area contributed by atoms with Crippen molar-refractivity contribution < 1.29 is 40.0 Å². The minimum absolute atomic E-state index is 0.0563. The van der Waals surface area contributed by atoms with Gasteiger partial charge >= 0.3 is 18.0 Å². The molecule has 3 aromatic rings. The fraction of sp³-hybridized carbons (Fsp3) is 0.526. The molecule has 0 fully saturated rings. The van der Waals surface area contributed by atoms with Crippen LogP contribution in [0.2, 0.25) is 17.1 Å². The summed E-state index contributed by atoms with van der Waals surface area (Å²) in [7, 11) is -3.41. The van der Waals surface area contributed by atoms with Gasteiger partial charge in [-0.3, -0.25) is 4.84 Å². The van der Waals surface area contributed by atoms with Crippen molar-refractivity contribution in [2.24, 2.45) is 0 Å². The lowest BCUT2D eigenvalue weighted by atomic mass is 9.94. The smallest absolute Gasteiger partial charge is 0.414 e. The fourth-order valence-corrected chi connectivity index (χ4v) is 10.8. The molecule has 0 N–H and O–H groups in total. The van der Waals surface area contributed by atoms with Gasteiger partial charge in [0, 0.05) is 6.42 Å². The number of hydroxylamine groups is 2. The highest BCUT2D eigenvalue weighted by atomic mass is 28.4. The summed E-state index contributed by atoms with van der Waals surface area (Å²) in [6.45, 7) is 15.2. The predicted molar refractivity (Wildman–Crippen MR) is 183 cm³/mol. The lowest BCUT2D eigenvalue weighted by molar-refractivity contribution is -0.354. The van der Waals surface area contributed by atoms with E-state index in [0.717, 1.165) is 16.7 Å². The van der Waals surface area contributed by atoms with E-state index in [1.165, 1.54) is 5.56 Å². The van der Waals surface area contributed by atoms with E-state index in [4.69, 9.17) is 9.26 Å². The molecule has 0 amide bonds. The van der Waals surface area contributed by atoms with Gasteiger partial charge in [-0.25, -0.2) is 0 Å². The van der Waals surface area contributed by atoms with Gasteiger partial charge in [-0.05, 0) is 59.1 Å². The molecule has 0 aliphatic rings. The summed E-state index contributed by atoms with van der Waals surface area (Å²) in [6, 6.07) is 26.5. The molecule has 3 rings (SSSR count). The van der Waals surface area contributed by atoms with Crippen molar-refractivity contribution in [1.29, 1.82) is 0 Å². The molecule has 0 atom stereocenters. The van der Waals surface area contributed by atoms with Gasteiger partial charge in [0.05, 0.1) is 24.8 Å². The van der Waals surface area contributed by atoms with Crippen LogP contribution in [-0.2, 0) is 15.9 Å². The quantitative estimate of drug-likeness (QED) is 0.0790. The normalized spacial score (nSPS) is 13.8. The Morgan fingerprint density at radius 2 is 1.12 bits per heavy atom. The van der Waals surface area contributed by atoms with Gasteiger partial charge in [-0.2, -0.15) is 35.8 Å². The Morgan fingerprint density at radius 1 is 0.653 bits per heavy atom. The second-order valence-corrected chi connectivity index (χ2v) is 19.4. The molecular formula is C38H50F7NO2Si.